The van der Waals surface area contributed by atoms with Crippen molar-refractivity contribution in [2.45, 2.75) is 19.8 Å². The minimum Gasteiger partial charge on any atom is -0.361 e. The molecule has 0 amide bonds. The molecule has 1 N–H and O–H groups in total. The molecule has 0 radical (unpaired) electrons. The molecule has 0 bridgehead atoms. The highest BCUT2D eigenvalue weighted by atomic mass is 32.1. The number of aromatic nitrogens is 1. The standard InChI is InChI=1S/C19H20N2S/c1-14-15(2)22-19(21-14)20-13-18(16-9-5-3-6-10-16)17-11-7-4-8-12-17/h3-12,18H,13H2,1-2H3,(H,20,21). The maximum absolute atomic E-state index is 4.58. The van der Waals surface area contributed by atoms with Crippen molar-refractivity contribution in [3.05, 3.63) is 82.4 Å². The molecule has 0 aliphatic heterocycles. The summed E-state index contributed by atoms with van der Waals surface area (Å²) >= 11 is 1.72. The fourth-order valence-corrected chi connectivity index (χ4v) is 3.36. The molecule has 2 aromatic carbocycles. The van der Waals surface area contributed by atoms with Gasteiger partial charge in [-0.2, -0.15) is 0 Å². The van der Waals surface area contributed by atoms with Crippen LogP contribution < -0.4 is 5.32 Å². The van der Waals surface area contributed by atoms with Crippen LogP contribution in [0.3, 0.4) is 0 Å². The van der Waals surface area contributed by atoms with Crippen molar-refractivity contribution in [1.82, 2.24) is 4.98 Å². The lowest BCUT2D eigenvalue weighted by molar-refractivity contribution is 0.851. The van der Waals surface area contributed by atoms with Gasteiger partial charge in [-0.25, -0.2) is 4.98 Å². The van der Waals surface area contributed by atoms with E-state index in [0.717, 1.165) is 17.4 Å². The molecule has 0 aliphatic carbocycles. The fourth-order valence-electron chi connectivity index (χ4n) is 2.54. The van der Waals surface area contributed by atoms with Crippen molar-refractivity contribution >= 4 is 16.5 Å². The van der Waals surface area contributed by atoms with Gasteiger partial charge in [0.2, 0.25) is 0 Å². The number of hydrogen-bond acceptors (Lipinski definition) is 3. The van der Waals surface area contributed by atoms with Gasteiger partial charge in [0.05, 0.1) is 5.69 Å². The Morgan fingerprint density at radius 1 is 0.909 bits per heavy atom. The first-order valence-electron chi connectivity index (χ1n) is 7.52. The molecule has 112 valence electrons. The predicted octanol–water partition coefficient (Wildman–Crippen LogP) is 5.00. The van der Waals surface area contributed by atoms with Crippen LogP contribution in [0.4, 0.5) is 5.13 Å². The van der Waals surface area contributed by atoms with Crippen molar-refractivity contribution in [3.8, 4) is 0 Å². The minimum absolute atomic E-state index is 0.326. The van der Waals surface area contributed by atoms with Gasteiger partial charge < -0.3 is 5.32 Å². The Morgan fingerprint density at radius 2 is 1.45 bits per heavy atom. The first kappa shape index (κ1) is 14.8. The summed E-state index contributed by atoms with van der Waals surface area (Å²) in [6.07, 6.45) is 0. The van der Waals surface area contributed by atoms with Crippen molar-refractivity contribution < 1.29 is 0 Å². The molecule has 0 fully saturated rings. The Bertz CT molecular complexity index is 661. The van der Waals surface area contributed by atoms with Crippen LogP contribution in [0.15, 0.2) is 60.7 Å². The summed E-state index contributed by atoms with van der Waals surface area (Å²) in [4.78, 5) is 5.85. The zero-order valence-electron chi connectivity index (χ0n) is 12.9. The SMILES string of the molecule is Cc1nc(NCC(c2ccccc2)c2ccccc2)sc1C. The molecule has 0 spiro atoms. The third kappa shape index (κ3) is 3.37. The maximum Gasteiger partial charge on any atom is 0.183 e. The zero-order chi connectivity index (χ0) is 15.4. The smallest absolute Gasteiger partial charge is 0.183 e. The third-order valence-electron chi connectivity index (χ3n) is 3.89. The van der Waals surface area contributed by atoms with Crippen LogP contribution in [-0.4, -0.2) is 11.5 Å². The van der Waals surface area contributed by atoms with Gasteiger partial charge in [-0.15, -0.1) is 11.3 Å². The summed E-state index contributed by atoms with van der Waals surface area (Å²) in [5.74, 6) is 0.326. The summed E-state index contributed by atoms with van der Waals surface area (Å²) in [7, 11) is 0. The fraction of sp³-hybridized carbons (Fsp3) is 0.211. The molecular weight excluding hydrogens is 288 g/mol. The van der Waals surface area contributed by atoms with Crippen molar-refractivity contribution in [2.75, 3.05) is 11.9 Å². The van der Waals surface area contributed by atoms with Gasteiger partial charge in [0.15, 0.2) is 5.13 Å². The van der Waals surface area contributed by atoms with Crippen LogP contribution >= 0.6 is 11.3 Å². The van der Waals surface area contributed by atoms with Gasteiger partial charge in [0.1, 0.15) is 0 Å². The second-order valence-corrected chi connectivity index (χ2v) is 6.62. The molecule has 22 heavy (non-hydrogen) atoms. The lowest BCUT2D eigenvalue weighted by atomic mass is 9.91. The Kier molecular flexibility index (Phi) is 4.54. The van der Waals surface area contributed by atoms with E-state index in [1.54, 1.807) is 11.3 Å². The molecule has 0 unspecified atom stereocenters. The van der Waals surface area contributed by atoms with E-state index in [-0.39, 0.29) is 0 Å². The molecule has 0 atom stereocenters. The number of hydrogen-bond donors (Lipinski definition) is 1. The van der Waals surface area contributed by atoms with Gasteiger partial charge in [-0.05, 0) is 25.0 Å². The summed E-state index contributed by atoms with van der Waals surface area (Å²) in [5, 5.41) is 4.52. The van der Waals surface area contributed by atoms with Crippen LogP contribution in [0.1, 0.15) is 27.6 Å². The Labute approximate surface area is 135 Å². The van der Waals surface area contributed by atoms with E-state index in [4.69, 9.17) is 0 Å². The van der Waals surface area contributed by atoms with Gasteiger partial charge in [-0.1, -0.05) is 60.7 Å². The van der Waals surface area contributed by atoms with E-state index < -0.39 is 0 Å². The van der Waals surface area contributed by atoms with E-state index in [1.807, 2.05) is 0 Å². The highest BCUT2D eigenvalue weighted by Gasteiger charge is 2.14. The quantitative estimate of drug-likeness (QED) is 0.717. The molecule has 3 aromatic rings. The molecular formula is C19H20N2S. The van der Waals surface area contributed by atoms with E-state index in [9.17, 15) is 0 Å². The molecule has 2 nitrogen and oxygen atoms in total. The first-order valence-corrected chi connectivity index (χ1v) is 8.33. The number of thiazole rings is 1. The highest BCUT2D eigenvalue weighted by molar-refractivity contribution is 7.15. The second-order valence-electron chi connectivity index (χ2n) is 5.42. The highest BCUT2D eigenvalue weighted by Crippen LogP contribution is 2.27. The average Bonchev–Trinajstić information content (AvgIpc) is 2.88. The molecule has 0 aliphatic rings. The van der Waals surface area contributed by atoms with Gasteiger partial charge in [0, 0.05) is 17.3 Å². The molecule has 3 heteroatoms. The van der Waals surface area contributed by atoms with Crippen LogP contribution in [0.25, 0.3) is 0 Å². The first-order chi connectivity index (χ1) is 10.7. The molecule has 1 aromatic heterocycles. The maximum atomic E-state index is 4.58. The van der Waals surface area contributed by atoms with Gasteiger partial charge >= 0.3 is 0 Å². The monoisotopic (exact) mass is 308 g/mol. The third-order valence-corrected chi connectivity index (χ3v) is 4.92. The largest absolute Gasteiger partial charge is 0.361 e. The molecule has 1 heterocycles. The van der Waals surface area contributed by atoms with Crippen molar-refractivity contribution in [1.29, 1.82) is 0 Å². The van der Waals surface area contributed by atoms with Crippen molar-refractivity contribution in [2.24, 2.45) is 0 Å². The predicted molar refractivity (Wildman–Crippen MR) is 94.8 cm³/mol. The topological polar surface area (TPSA) is 24.9 Å². The molecule has 0 saturated carbocycles. The summed E-state index contributed by atoms with van der Waals surface area (Å²) in [5.41, 5.74) is 3.76. The van der Waals surface area contributed by atoms with Gasteiger partial charge in [0.25, 0.3) is 0 Å². The van der Waals surface area contributed by atoms with Crippen molar-refractivity contribution in [3.63, 3.8) is 0 Å². The van der Waals surface area contributed by atoms with Crippen LogP contribution in [0.5, 0.6) is 0 Å². The number of aryl methyl sites for hydroxylation is 2. The minimum atomic E-state index is 0.326. The van der Waals surface area contributed by atoms with E-state index in [0.29, 0.717) is 5.92 Å². The number of nitrogens with one attached hydrogen (secondary N) is 1. The lowest BCUT2D eigenvalue weighted by Crippen LogP contribution is -2.14. The second kappa shape index (κ2) is 6.75. The molecule has 3 rings (SSSR count). The summed E-state index contributed by atoms with van der Waals surface area (Å²) in [6, 6.07) is 21.3. The zero-order valence-corrected chi connectivity index (χ0v) is 13.7. The molecule has 0 saturated heterocycles. The Morgan fingerprint density at radius 3 is 1.91 bits per heavy atom. The van der Waals surface area contributed by atoms with Crippen LogP contribution in [0, 0.1) is 13.8 Å². The van der Waals surface area contributed by atoms with E-state index >= 15 is 0 Å². The lowest BCUT2D eigenvalue weighted by Gasteiger charge is -2.18. The number of nitrogens with zero attached hydrogens (tertiary/aromatic N) is 1. The number of rotatable bonds is 5. The number of benzene rings is 2. The van der Waals surface area contributed by atoms with Gasteiger partial charge in [-0.3, -0.25) is 0 Å². The Hall–Kier alpha value is -2.13. The van der Waals surface area contributed by atoms with Crippen LogP contribution in [-0.2, 0) is 0 Å². The van der Waals surface area contributed by atoms with E-state index in [2.05, 4.69) is 84.8 Å². The average molecular weight is 308 g/mol. The van der Waals surface area contributed by atoms with Crippen LogP contribution in [0.2, 0.25) is 0 Å². The Balaban J connectivity index is 1.83. The summed E-state index contributed by atoms with van der Waals surface area (Å²) < 4.78 is 0. The summed E-state index contributed by atoms with van der Waals surface area (Å²) in [6.45, 7) is 5.02. The number of anilines is 1. The van der Waals surface area contributed by atoms with E-state index in [1.165, 1.54) is 16.0 Å². The normalized spacial score (nSPS) is 10.9.